The highest BCUT2D eigenvalue weighted by atomic mass is 31.2. The molecule has 1 amide bonds. The topological polar surface area (TPSA) is 129 Å². The summed E-state index contributed by atoms with van der Waals surface area (Å²) in [6.07, 6.45) is -2.44. The van der Waals surface area contributed by atoms with Crippen LogP contribution < -0.4 is 0 Å². The third-order valence-electron chi connectivity index (χ3n) is 2.45. The maximum atomic E-state index is 12.7. The van der Waals surface area contributed by atoms with Crippen LogP contribution in [0.4, 0.5) is 0 Å². The van der Waals surface area contributed by atoms with Crippen molar-refractivity contribution < 1.29 is 42.7 Å². The highest BCUT2D eigenvalue weighted by Crippen LogP contribution is 2.51. The molecule has 0 aliphatic rings. The number of ether oxygens (including phenoxy) is 2. The Morgan fingerprint density at radius 1 is 1.00 bits per heavy atom. The van der Waals surface area contributed by atoms with Crippen molar-refractivity contribution >= 4 is 25.4 Å². The van der Waals surface area contributed by atoms with Crippen LogP contribution in [0.5, 0.6) is 0 Å². The highest BCUT2D eigenvalue weighted by molar-refractivity contribution is 7.53. The lowest BCUT2D eigenvalue weighted by molar-refractivity contribution is -0.165. The molecule has 0 bridgehead atoms. The zero-order valence-corrected chi connectivity index (χ0v) is 15.3. The second-order valence-corrected chi connectivity index (χ2v) is 6.99. The van der Waals surface area contributed by atoms with Crippen LogP contribution in [0.3, 0.4) is 0 Å². The van der Waals surface area contributed by atoms with Crippen LogP contribution in [0.25, 0.3) is 0 Å². The molecule has 0 aromatic heterocycles. The van der Waals surface area contributed by atoms with Gasteiger partial charge in [-0.25, -0.2) is 5.06 Å². The van der Waals surface area contributed by atoms with E-state index in [0.717, 1.165) is 20.8 Å². The quantitative estimate of drug-likeness (QED) is 0.201. The zero-order chi connectivity index (χ0) is 18.9. The summed E-state index contributed by atoms with van der Waals surface area (Å²) in [5.41, 5.74) is 0. The van der Waals surface area contributed by atoms with E-state index in [0.29, 0.717) is 5.06 Å². The molecular weight excluding hydrogens is 345 g/mol. The van der Waals surface area contributed by atoms with Crippen molar-refractivity contribution in [3.05, 3.63) is 0 Å². The molecule has 140 valence electrons. The van der Waals surface area contributed by atoms with Gasteiger partial charge in [0.25, 0.3) is 0 Å². The highest BCUT2D eigenvalue weighted by Gasteiger charge is 2.31. The van der Waals surface area contributed by atoms with Gasteiger partial charge in [0.1, 0.15) is 0 Å². The largest absolute Gasteiger partial charge is 0.436 e. The number of carbonyl (C=O) groups is 3. The van der Waals surface area contributed by atoms with E-state index in [1.54, 1.807) is 0 Å². The number of hydrogen-bond donors (Lipinski definition) is 1. The molecule has 0 aliphatic heterocycles. The van der Waals surface area contributed by atoms with Gasteiger partial charge in [0.2, 0.25) is 18.5 Å². The van der Waals surface area contributed by atoms with E-state index in [1.807, 2.05) is 0 Å². The van der Waals surface area contributed by atoms with Gasteiger partial charge in [-0.15, -0.1) is 0 Å². The molecule has 0 fully saturated rings. The molecule has 0 aromatic carbocycles. The first kappa shape index (κ1) is 22.5. The van der Waals surface area contributed by atoms with Crippen LogP contribution in [-0.2, 0) is 37.5 Å². The van der Waals surface area contributed by atoms with Crippen molar-refractivity contribution in [2.45, 2.75) is 53.6 Å². The van der Waals surface area contributed by atoms with Gasteiger partial charge in [-0.1, -0.05) is 0 Å². The predicted molar refractivity (Wildman–Crippen MR) is 80.9 cm³/mol. The van der Waals surface area contributed by atoms with Gasteiger partial charge >= 0.3 is 19.5 Å². The van der Waals surface area contributed by atoms with Gasteiger partial charge in [-0.2, -0.15) is 0 Å². The van der Waals surface area contributed by atoms with Crippen molar-refractivity contribution in [2.24, 2.45) is 0 Å². The number of hydrogen-bond acceptors (Lipinski definition) is 9. The fourth-order valence-corrected chi connectivity index (χ4v) is 3.44. The van der Waals surface area contributed by atoms with Gasteiger partial charge in [-0.05, 0) is 20.3 Å². The molecule has 0 saturated carbocycles. The first-order chi connectivity index (χ1) is 10.9. The van der Waals surface area contributed by atoms with E-state index in [9.17, 15) is 24.2 Å². The van der Waals surface area contributed by atoms with Gasteiger partial charge in [0, 0.05) is 27.3 Å². The lowest BCUT2D eigenvalue weighted by atomic mass is 10.4. The summed E-state index contributed by atoms with van der Waals surface area (Å²) in [7, 11) is -3.83. The maximum Gasteiger partial charge on any atom is 0.336 e. The molecule has 1 N–H and O–H groups in total. The third kappa shape index (κ3) is 10.3. The van der Waals surface area contributed by atoms with Crippen molar-refractivity contribution in [2.75, 3.05) is 12.7 Å². The van der Waals surface area contributed by atoms with Crippen LogP contribution in [0.2, 0.25) is 0 Å². The smallest absolute Gasteiger partial charge is 0.336 e. The zero-order valence-electron chi connectivity index (χ0n) is 14.4. The SMILES string of the molecule is CC(=O)OC(C)OP(=O)(CCCN(O)C(C)=O)OC(C)OC(C)=O. The number of nitrogens with zero attached hydrogens (tertiary/aromatic N) is 1. The summed E-state index contributed by atoms with van der Waals surface area (Å²) in [5.74, 6) is -1.85. The summed E-state index contributed by atoms with van der Waals surface area (Å²) in [6, 6.07) is 0. The molecule has 0 spiro atoms. The molecule has 0 radical (unpaired) electrons. The normalized spacial score (nSPS) is 15.8. The molecule has 2 atom stereocenters. The Labute approximate surface area is 140 Å². The molecule has 24 heavy (non-hydrogen) atoms. The van der Waals surface area contributed by atoms with Crippen molar-refractivity contribution in [1.82, 2.24) is 5.06 Å². The van der Waals surface area contributed by atoms with Crippen LogP contribution in [0.15, 0.2) is 0 Å². The van der Waals surface area contributed by atoms with E-state index in [2.05, 4.69) is 0 Å². The van der Waals surface area contributed by atoms with E-state index >= 15 is 0 Å². The minimum atomic E-state index is -3.83. The third-order valence-corrected chi connectivity index (χ3v) is 4.55. The van der Waals surface area contributed by atoms with Crippen LogP contribution in [0.1, 0.15) is 41.0 Å². The lowest BCUT2D eigenvalue weighted by Crippen LogP contribution is -2.27. The molecule has 0 saturated heterocycles. The molecule has 11 heteroatoms. The number of rotatable bonds is 10. The standard InChI is InChI=1S/C13H24NO9P/c1-9(15)14(18)7-6-8-24(19,22-12(4)20-10(2)16)23-13(5)21-11(3)17/h12-13,18H,6-8H2,1-5H3. The van der Waals surface area contributed by atoms with Crippen molar-refractivity contribution in [1.29, 1.82) is 0 Å². The summed E-state index contributed by atoms with van der Waals surface area (Å²) < 4.78 is 32.5. The first-order valence-electron chi connectivity index (χ1n) is 7.22. The summed E-state index contributed by atoms with van der Waals surface area (Å²) in [5, 5.41) is 9.75. The van der Waals surface area contributed by atoms with Crippen molar-refractivity contribution in [3.63, 3.8) is 0 Å². The Morgan fingerprint density at radius 3 is 1.75 bits per heavy atom. The van der Waals surface area contributed by atoms with Gasteiger partial charge < -0.3 is 9.47 Å². The Bertz CT molecular complexity index is 468. The number of hydroxylamine groups is 2. The maximum absolute atomic E-state index is 12.7. The molecule has 0 aliphatic carbocycles. The lowest BCUT2D eigenvalue weighted by Gasteiger charge is -2.25. The molecule has 0 aromatic rings. The minimum absolute atomic E-state index is 0.0763. The molecule has 2 unspecified atom stereocenters. The van der Waals surface area contributed by atoms with E-state index in [4.69, 9.17) is 18.5 Å². The molecule has 10 nitrogen and oxygen atoms in total. The van der Waals surface area contributed by atoms with E-state index in [-0.39, 0.29) is 19.1 Å². The Kier molecular flexibility index (Phi) is 9.76. The van der Waals surface area contributed by atoms with E-state index in [1.165, 1.54) is 13.8 Å². The molecule has 0 heterocycles. The Balaban J connectivity index is 4.85. The van der Waals surface area contributed by atoms with Crippen LogP contribution in [0, 0.1) is 0 Å². The molecule has 0 rings (SSSR count). The average molecular weight is 369 g/mol. The minimum Gasteiger partial charge on any atom is -0.436 e. The van der Waals surface area contributed by atoms with Crippen LogP contribution in [-0.4, -0.2) is 53.4 Å². The molecular formula is C13H24NO9P. The van der Waals surface area contributed by atoms with Crippen molar-refractivity contribution in [3.8, 4) is 0 Å². The second-order valence-electron chi connectivity index (χ2n) is 4.90. The Hall–Kier alpha value is -1.48. The average Bonchev–Trinajstić information content (AvgIpc) is 2.35. The number of carbonyl (C=O) groups excluding carboxylic acids is 3. The van der Waals surface area contributed by atoms with Gasteiger partial charge in [-0.3, -0.25) is 33.2 Å². The van der Waals surface area contributed by atoms with Crippen LogP contribution >= 0.6 is 7.60 Å². The number of esters is 2. The van der Waals surface area contributed by atoms with Gasteiger partial charge in [0.05, 0.1) is 6.16 Å². The summed E-state index contributed by atoms with van der Waals surface area (Å²) >= 11 is 0. The fourth-order valence-electron chi connectivity index (χ4n) is 1.66. The first-order valence-corrected chi connectivity index (χ1v) is 8.95. The summed E-state index contributed by atoms with van der Waals surface area (Å²) in [4.78, 5) is 32.7. The van der Waals surface area contributed by atoms with Gasteiger partial charge in [0.15, 0.2) is 0 Å². The van der Waals surface area contributed by atoms with E-state index < -0.39 is 38.0 Å². The number of amides is 1. The predicted octanol–water partition coefficient (Wildman–Crippen LogP) is 1.66. The summed E-state index contributed by atoms with van der Waals surface area (Å²) in [6.45, 7) is 6.07. The fraction of sp³-hybridized carbons (Fsp3) is 0.769. The monoisotopic (exact) mass is 369 g/mol. The Morgan fingerprint density at radius 2 is 1.42 bits per heavy atom. The second kappa shape index (κ2) is 10.4.